The SMILES string of the molecule is CCN(CC)C(CC)(CC)C(=O)Cc1ccc(F)c(F)c1. The summed E-state index contributed by atoms with van der Waals surface area (Å²) in [6.07, 6.45) is 1.57. The summed E-state index contributed by atoms with van der Waals surface area (Å²) in [6.45, 7) is 9.67. The number of hydrogen-bond donors (Lipinski definition) is 0. The molecular formula is C17H25F2NO. The van der Waals surface area contributed by atoms with Crippen molar-refractivity contribution in [1.82, 2.24) is 4.90 Å². The Morgan fingerprint density at radius 1 is 1.05 bits per heavy atom. The van der Waals surface area contributed by atoms with E-state index in [1.807, 2.05) is 27.7 Å². The van der Waals surface area contributed by atoms with Gasteiger partial charge < -0.3 is 0 Å². The first-order chi connectivity index (χ1) is 9.94. The van der Waals surface area contributed by atoms with Gasteiger partial charge in [-0.25, -0.2) is 8.78 Å². The highest BCUT2D eigenvalue weighted by Crippen LogP contribution is 2.27. The van der Waals surface area contributed by atoms with Crippen LogP contribution in [0.4, 0.5) is 8.78 Å². The topological polar surface area (TPSA) is 20.3 Å². The Bertz CT molecular complexity index is 480. The van der Waals surface area contributed by atoms with Gasteiger partial charge in [-0.3, -0.25) is 9.69 Å². The molecule has 0 aliphatic rings. The molecule has 1 aromatic carbocycles. The fourth-order valence-corrected chi connectivity index (χ4v) is 3.10. The van der Waals surface area contributed by atoms with E-state index in [0.29, 0.717) is 18.4 Å². The largest absolute Gasteiger partial charge is 0.297 e. The van der Waals surface area contributed by atoms with Gasteiger partial charge in [-0.05, 0) is 43.6 Å². The summed E-state index contributed by atoms with van der Waals surface area (Å²) >= 11 is 0. The predicted octanol–water partition coefficient (Wildman–Crippen LogP) is 3.98. The van der Waals surface area contributed by atoms with Crippen molar-refractivity contribution in [3.8, 4) is 0 Å². The Labute approximate surface area is 126 Å². The van der Waals surface area contributed by atoms with Crippen LogP contribution in [0, 0.1) is 11.6 Å². The molecular weight excluding hydrogens is 272 g/mol. The zero-order valence-electron chi connectivity index (χ0n) is 13.4. The van der Waals surface area contributed by atoms with E-state index in [-0.39, 0.29) is 12.2 Å². The Balaban J connectivity index is 3.03. The Morgan fingerprint density at radius 2 is 1.62 bits per heavy atom. The summed E-state index contributed by atoms with van der Waals surface area (Å²) in [4.78, 5) is 15.0. The Kier molecular flexibility index (Phi) is 6.46. The molecule has 0 bridgehead atoms. The highest BCUT2D eigenvalue weighted by atomic mass is 19.2. The van der Waals surface area contributed by atoms with Crippen LogP contribution in [0.3, 0.4) is 0 Å². The smallest absolute Gasteiger partial charge is 0.159 e. The zero-order valence-corrected chi connectivity index (χ0v) is 13.4. The van der Waals surface area contributed by atoms with Crippen LogP contribution in [0.15, 0.2) is 18.2 Å². The van der Waals surface area contributed by atoms with Crippen LogP contribution in [0.2, 0.25) is 0 Å². The molecule has 2 nitrogen and oxygen atoms in total. The van der Waals surface area contributed by atoms with E-state index in [1.54, 1.807) is 0 Å². The van der Waals surface area contributed by atoms with Gasteiger partial charge in [0.2, 0.25) is 0 Å². The molecule has 1 rings (SSSR count). The predicted molar refractivity (Wildman–Crippen MR) is 81.3 cm³/mol. The lowest BCUT2D eigenvalue weighted by atomic mass is 9.83. The number of nitrogens with zero attached hydrogens (tertiary/aromatic N) is 1. The van der Waals surface area contributed by atoms with E-state index in [4.69, 9.17) is 0 Å². The van der Waals surface area contributed by atoms with E-state index in [1.165, 1.54) is 6.07 Å². The second kappa shape index (κ2) is 7.64. The van der Waals surface area contributed by atoms with Crippen LogP contribution in [-0.4, -0.2) is 29.3 Å². The molecule has 0 saturated carbocycles. The first kappa shape index (κ1) is 17.8. The molecule has 0 heterocycles. The van der Waals surface area contributed by atoms with Crippen molar-refractivity contribution < 1.29 is 13.6 Å². The molecule has 1 aromatic rings. The number of likely N-dealkylation sites (N-methyl/N-ethyl adjacent to an activating group) is 1. The maximum atomic E-state index is 13.3. The van der Waals surface area contributed by atoms with E-state index in [0.717, 1.165) is 25.2 Å². The number of rotatable bonds is 8. The van der Waals surface area contributed by atoms with Crippen molar-refractivity contribution in [1.29, 1.82) is 0 Å². The van der Waals surface area contributed by atoms with Crippen LogP contribution in [0.5, 0.6) is 0 Å². The molecule has 0 spiro atoms. The lowest BCUT2D eigenvalue weighted by Gasteiger charge is -2.41. The molecule has 4 heteroatoms. The standard InChI is InChI=1S/C17H25F2NO/c1-5-17(6-2,20(7-3)8-4)16(21)12-13-9-10-14(18)15(19)11-13/h9-11H,5-8,12H2,1-4H3. The Morgan fingerprint density at radius 3 is 2.05 bits per heavy atom. The number of Topliss-reactive ketones (excluding diaryl/α,β-unsaturated/α-hetero) is 1. The molecule has 0 aliphatic carbocycles. The first-order valence-electron chi connectivity index (χ1n) is 7.67. The number of halogens is 2. The minimum atomic E-state index is -0.901. The third-order valence-electron chi connectivity index (χ3n) is 4.41. The van der Waals surface area contributed by atoms with Crippen LogP contribution in [0.25, 0.3) is 0 Å². The molecule has 0 radical (unpaired) electrons. The van der Waals surface area contributed by atoms with Gasteiger partial charge in [-0.15, -0.1) is 0 Å². The minimum absolute atomic E-state index is 0.0715. The molecule has 0 amide bonds. The van der Waals surface area contributed by atoms with Gasteiger partial charge in [0.05, 0.1) is 5.54 Å². The normalized spacial score (nSPS) is 12.0. The van der Waals surface area contributed by atoms with Gasteiger partial charge in [0, 0.05) is 6.42 Å². The molecule has 21 heavy (non-hydrogen) atoms. The van der Waals surface area contributed by atoms with Crippen LogP contribution in [-0.2, 0) is 11.2 Å². The second-order valence-electron chi connectivity index (χ2n) is 5.26. The van der Waals surface area contributed by atoms with Gasteiger partial charge in [-0.1, -0.05) is 33.8 Å². The highest BCUT2D eigenvalue weighted by Gasteiger charge is 2.38. The maximum Gasteiger partial charge on any atom is 0.159 e. The fourth-order valence-electron chi connectivity index (χ4n) is 3.10. The quantitative estimate of drug-likeness (QED) is 0.723. The van der Waals surface area contributed by atoms with Gasteiger partial charge in [-0.2, -0.15) is 0 Å². The summed E-state index contributed by atoms with van der Waals surface area (Å²) in [5.74, 6) is -1.71. The highest BCUT2D eigenvalue weighted by molar-refractivity contribution is 5.90. The molecule has 118 valence electrons. The monoisotopic (exact) mass is 297 g/mol. The van der Waals surface area contributed by atoms with Crippen LogP contribution < -0.4 is 0 Å². The fraction of sp³-hybridized carbons (Fsp3) is 0.588. The molecule has 0 saturated heterocycles. The van der Waals surface area contributed by atoms with Crippen molar-refractivity contribution in [2.75, 3.05) is 13.1 Å². The van der Waals surface area contributed by atoms with E-state index in [9.17, 15) is 13.6 Å². The summed E-state index contributed by atoms with van der Waals surface area (Å²) in [7, 11) is 0. The van der Waals surface area contributed by atoms with E-state index < -0.39 is 17.2 Å². The third-order valence-corrected chi connectivity index (χ3v) is 4.41. The molecule has 0 aromatic heterocycles. The minimum Gasteiger partial charge on any atom is -0.297 e. The average molecular weight is 297 g/mol. The summed E-state index contributed by atoms with van der Waals surface area (Å²) < 4.78 is 26.3. The summed E-state index contributed by atoms with van der Waals surface area (Å²) in [5, 5.41) is 0. The van der Waals surface area contributed by atoms with Gasteiger partial charge in [0.25, 0.3) is 0 Å². The zero-order chi connectivity index (χ0) is 16.0. The van der Waals surface area contributed by atoms with Crippen LogP contribution >= 0.6 is 0 Å². The number of carbonyl (C=O) groups is 1. The molecule has 0 atom stereocenters. The average Bonchev–Trinajstić information content (AvgIpc) is 2.48. The summed E-state index contributed by atoms with van der Waals surface area (Å²) in [5.41, 5.74) is 0.00582. The number of benzene rings is 1. The van der Waals surface area contributed by atoms with Gasteiger partial charge in [0.1, 0.15) is 0 Å². The van der Waals surface area contributed by atoms with Gasteiger partial charge >= 0.3 is 0 Å². The lowest BCUT2D eigenvalue weighted by Crippen LogP contribution is -2.54. The molecule has 0 N–H and O–H groups in total. The second-order valence-corrected chi connectivity index (χ2v) is 5.26. The third kappa shape index (κ3) is 3.67. The van der Waals surface area contributed by atoms with E-state index >= 15 is 0 Å². The van der Waals surface area contributed by atoms with Crippen LogP contribution in [0.1, 0.15) is 46.1 Å². The number of hydrogen-bond acceptors (Lipinski definition) is 2. The number of ketones is 1. The van der Waals surface area contributed by atoms with Crippen molar-refractivity contribution in [3.63, 3.8) is 0 Å². The van der Waals surface area contributed by atoms with Gasteiger partial charge in [0.15, 0.2) is 17.4 Å². The number of carbonyl (C=O) groups excluding carboxylic acids is 1. The van der Waals surface area contributed by atoms with Crippen molar-refractivity contribution in [3.05, 3.63) is 35.4 Å². The Hall–Kier alpha value is -1.29. The van der Waals surface area contributed by atoms with Crippen molar-refractivity contribution in [2.24, 2.45) is 0 Å². The van der Waals surface area contributed by atoms with Crippen molar-refractivity contribution >= 4 is 5.78 Å². The molecule has 0 fully saturated rings. The lowest BCUT2D eigenvalue weighted by molar-refractivity contribution is -0.131. The van der Waals surface area contributed by atoms with Crippen molar-refractivity contribution in [2.45, 2.75) is 52.5 Å². The maximum absolute atomic E-state index is 13.3. The van der Waals surface area contributed by atoms with E-state index in [2.05, 4.69) is 4.90 Å². The first-order valence-corrected chi connectivity index (χ1v) is 7.67. The molecule has 0 aliphatic heterocycles. The molecule has 0 unspecified atom stereocenters. The summed E-state index contributed by atoms with van der Waals surface area (Å²) in [6, 6.07) is 3.68.